The van der Waals surface area contributed by atoms with Crippen LogP contribution in [0.15, 0.2) is 18.3 Å². The monoisotopic (exact) mass is 311 g/mol. The van der Waals surface area contributed by atoms with Crippen LogP contribution in [0.2, 0.25) is 0 Å². The smallest absolute Gasteiger partial charge is 0.233 e. The molecule has 5 nitrogen and oxygen atoms in total. The summed E-state index contributed by atoms with van der Waals surface area (Å²) in [5.41, 5.74) is 1.08. The molecule has 1 N–H and O–H groups in total. The van der Waals surface area contributed by atoms with Gasteiger partial charge in [0.05, 0.1) is 17.6 Å². The SMILES string of the molecule is CCCS(=O)(=O)Nc1ccc(N2CCCCC2CC)cn1. The predicted octanol–water partition coefficient (Wildman–Crippen LogP) is 3.00. The van der Waals surface area contributed by atoms with Gasteiger partial charge in [-0.1, -0.05) is 13.8 Å². The number of nitrogens with zero attached hydrogens (tertiary/aromatic N) is 2. The molecule has 0 aliphatic carbocycles. The first kappa shape index (κ1) is 16.1. The van der Waals surface area contributed by atoms with Crippen LogP contribution in [-0.4, -0.2) is 31.7 Å². The van der Waals surface area contributed by atoms with E-state index in [1.807, 2.05) is 13.0 Å². The van der Waals surface area contributed by atoms with Crippen molar-refractivity contribution >= 4 is 21.5 Å². The van der Waals surface area contributed by atoms with E-state index in [-0.39, 0.29) is 5.75 Å². The molecule has 0 bridgehead atoms. The number of rotatable bonds is 6. The van der Waals surface area contributed by atoms with Gasteiger partial charge in [-0.25, -0.2) is 13.4 Å². The van der Waals surface area contributed by atoms with Gasteiger partial charge in [0.2, 0.25) is 10.0 Å². The zero-order valence-corrected chi connectivity index (χ0v) is 13.7. The number of piperidine rings is 1. The maximum Gasteiger partial charge on any atom is 0.233 e. The molecule has 1 aromatic heterocycles. The van der Waals surface area contributed by atoms with E-state index in [4.69, 9.17) is 0 Å². The highest BCUT2D eigenvalue weighted by Crippen LogP contribution is 2.26. The Morgan fingerprint density at radius 1 is 1.33 bits per heavy atom. The maximum atomic E-state index is 11.7. The van der Waals surface area contributed by atoms with Crippen molar-refractivity contribution in [1.82, 2.24) is 4.98 Å². The van der Waals surface area contributed by atoms with Crippen LogP contribution in [0, 0.1) is 0 Å². The lowest BCUT2D eigenvalue weighted by Gasteiger charge is -2.37. The molecule has 1 aliphatic heterocycles. The Hall–Kier alpha value is -1.30. The Balaban J connectivity index is 2.08. The molecular formula is C15H25N3O2S. The van der Waals surface area contributed by atoms with Gasteiger partial charge in [-0.15, -0.1) is 0 Å². The van der Waals surface area contributed by atoms with Crippen LogP contribution in [0.3, 0.4) is 0 Å². The predicted molar refractivity (Wildman–Crippen MR) is 87.2 cm³/mol. The van der Waals surface area contributed by atoms with Crippen molar-refractivity contribution in [2.75, 3.05) is 21.9 Å². The van der Waals surface area contributed by atoms with Crippen molar-refractivity contribution in [2.24, 2.45) is 0 Å². The highest BCUT2D eigenvalue weighted by molar-refractivity contribution is 7.92. The molecule has 1 fully saturated rings. The van der Waals surface area contributed by atoms with Crippen molar-refractivity contribution in [3.8, 4) is 0 Å². The average Bonchev–Trinajstić information content (AvgIpc) is 2.47. The van der Waals surface area contributed by atoms with Crippen molar-refractivity contribution < 1.29 is 8.42 Å². The first-order chi connectivity index (χ1) is 10.1. The normalized spacial score (nSPS) is 19.5. The Bertz CT molecular complexity index is 543. The van der Waals surface area contributed by atoms with Gasteiger partial charge >= 0.3 is 0 Å². The topological polar surface area (TPSA) is 62.3 Å². The van der Waals surface area contributed by atoms with Crippen LogP contribution in [0.4, 0.5) is 11.5 Å². The van der Waals surface area contributed by atoms with Gasteiger partial charge in [0.25, 0.3) is 0 Å². The molecule has 1 unspecified atom stereocenters. The summed E-state index contributed by atoms with van der Waals surface area (Å²) in [4.78, 5) is 6.65. The summed E-state index contributed by atoms with van der Waals surface area (Å²) in [6, 6.07) is 4.29. The first-order valence-corrected chi connectivity index (χ1v) is 9.44. The summed E-state index contributed by atoms with van der Waals surface area (Å²) in [7, 11) is -3.26. The van der Waals surface area contributed by atoms with Gasteiger partial charge in [0.15, 0.2) is 0 Å². The fourth-order valence-electron chi connectivity index (χ4n) is 2.86. The van der Waals surface area contributed by atoms with Crippen molar-refractivity contribution in [3.63, 3.8) is 0 Å². The Morgan fingerprint density at radius 2 is 2.14 bits per heavy atom. The molecule has 2 heterocycles. The van der Waals surface area contributed by atoms with E-state index >= 15 is 0 Å². The molecular weight excluding hydrogens is 286 g/mol. The summed E-state index contributed by atoms with van der Waals surface area (Å²) in [5, 5.41) is 0. The maximum absolute atomic E-state index is 11.7. The van der Waals surface area contributed by atoms with Crippen LogP contribution in [0.5, 0.6) is 0 Å². The highest BCUT2D eigenvalue weighted by Gasteiger charge is 2.21. The fourth-order valence-corrected chi connectivity index (χ4v) is 3.94. The van der Waals surface area contributed by atoms with Crippen molar-refractivity contribution in [2.45, 2.75) is 52.0 Å². The second-order valence-corrected chi connectivity index (χ2v) is 7.42. The van der Waals surface area contributed by atoms with E-state index in [0.717, 1.165) is 18.7 Å². The third-order valence-corrected chi connectivity index (χ3v) is 5.38. The lowest BCUT2D eigenvalue weighted by atomic mass is 9.99. The largest absolute Gasteiger partial charge is 0.367 e. The third kappa shape index (κ3) is 4.33. The molecule has 1 atom stereocenters. The second-order valence-electron chi connectivity index (χ2n) is 5.57. The number of aromatic nitrogens is 1. The van der Waals surface area contributed by atoms with Crippen molar-refractivity contribution in [3.05, 3.63) is 18.3 Å². The van der Waals surface area contributed by atoms with E-state index in [0.29, 0.717) is 18.3 Å². The molecule has 6 heteroatoms. The van der Waals surface area contributed by atoms with Crippen LogP contribution in [0.1, 0.15) is 46.0 Å². The molecule has 21 heavy (non-hydrogen) atoms. The minimum Gasteiger partial charge on any atom is -0.367 e. The molecule has 0 aromatic carbocycles. The van der Waals surface area contributed by atoms with E-state index in [9.17, 15) is 8.42 Å². The third-order valence-electron chi connectivity index (χ3n) is 3.91. The Kier molecular flexibility index (Phi) is 5.45. The van der Waals surface area contributed by atoms with E-state index in [1.54, 1.807) is 12.3 Å². The van der Waals surface area contributed by atoms with Crippen LogP contribution < -0.4 is 9.62 Å². The Morgan fingerprint density at radius 3 is 2.76 bits per heavy atom. The average molecular weight is 311 g/mol. The summed E-state index contributed by atoms with van der Waals surface area (Å²) < 4.78 is 26.0. The summed E-state index contributed by atoms with van der Waals surface area (Å²) in [5.74, 6) is 0.526. The zero-order chi connectivity index (χ0) is 15.3. The molecule has 2 rings (SSSR count). The van der Waals surface area contributed by atoms with Crippen LogP contribution in [-0.2, 0) is 10.0 Å². The van der Waals surface area contributed by atoms with Gasteiger partial charge in [-0.2, -0.15) is 0 Å². The number of sulfonamides is 1. The number of hydrogen-bond donors (Lipinski definition) is 1. The van der Waals surface area contributed by atoms with E-state index in [2.05, 4.69) is 21.5 Å². The molecule has 0 spiro atoms. The quantitative estimate of drug-likeness (QED) is 0.877. The molecule has 1 aromatic rings. The van der Waals surface area contributed by atoms with Crippen molar-refractivity contribution in [1.29, 1.82) is 0 Å². The van der Waals surface area contributed by atoms with E-state index in [1.165, 1.54) is 19.3 Å². The molecule has 1 aliphatic rings. The van der Waals surface area contributed by atoms with Gasteiger partial charge < -0.3 is 4.90 Å². The van der Waals surface area contributed by atoms with Gasteiger partial charge in [-0.05, 0) is 44.2 Å². The van der Waals surface area contributed by atoms with Gasteiger partial charge in [-0.3, -0.25) is 4.72 Å². The number of anilines is 2. The molecule has 0 radical (unpaired) electrons. The van der Waals surface area contributed by atoms with Gasteiger partial charge in [0, 0.05) is 12.6 Å². The number of nitrogens with one attached hydrogen (secondary N) is 1. The molecule has 118 valence electrons. The lowest BCUT2D eigenvalue weighted by Crippen LogP contribution is -2.39. The highest BCUT2D eigenvalue weighted by atomic mass is 32.2. The number of hydrogen-bond acceptors (Lipinski definition) is 4. The molecule has 1 saturated heterocycles. The second kappa shape index (κ2) is 7.11. The molecule has 0 amide bonds. The fraction of sp³-hybridized carbons (Fsp3) is 0.667. The summed E-state index contributed by atoms with van der Waals surface area (Å²) in [6.45, 7) is 5.11. The standard InChI is InChI=1S/C15H25N3O2S/c1-3-11-21(19,20)17-15-9-8-14(12-16-15)18-10-6-5-7-13(18)4-2/h8-9,12-13H,3-7,10-11H2,1-2H3,(H,16,17). The van der Waals surface area contributed by atoms with E-state index < -0.39 is 10.0 Å². The lowest BCUT2D eigenvalue weighted by molar-refractivity contribution is 0.449. The Labute approximate surface area is 127 Å². The first-order valence-electron chi connectivity index (χ1n) is 7.79. The van der Waals surface area contributed by atoms with Crippen LogP contribution >= 0.6 is 0 Å². The minimum absolute atomic E-state index is 0.125. The zero-order valence-electron chi connectivity index (χ0n) is 12.9. The van der Waals surface area contributed by atoms with Gasteiger partial charge in [0.1, 0.15) is 5.82 Å². The molecule has 0 saturated carbocycles. The minimum atomic E-state index is -3.26. The summed E-state index contributed by atoms with van der Waals surface area (Å²) in [6.07, 6.45) is 7.22. The number of pyridine rings is 1. The van der Waals surface area contributed by atoms with Crippen LogP contribution in [0.25, 0.3) is 0 Å². The summed E-state index contributed by atoms with van der Waals surface area (Å²) >= 11 is 0.